The maximum Gasteiger partial charge on any atom is 0.243 e. The van der Waals surface area contributed by atoms with Crippen LogP contribution in [0, 0.1) is 17.5 Å². The summed E-state index contributed by atoms with van der Waals surface area (Å²) in [5.41, 5.74) is -0.876. The maximum absolute atomic E-state index is 13.5. The predicted molar refractivity (Wildman–Crippen MR) is 85.4 cm³/mol. The topological polar surface area (TPSA) is 74.8 Å². The molecule has 0 fully saturated rings. The van der Waals surface area contributed by atoms with Crippen molar-refractivity contribution in [2.24, 2.45) is 4.99 Å². The first-order valence-corrected chi connectivity index (χ1v) is 7.13. The van der Waals surface area contributed by atoms with Crippen LogP contribution in [0.1, 0.15) is 13.8 Å². The molecular weight excluding hydrogens is 325 g/mol. The van der Waals surface area contributed by atoms with Crippen LogP contribution < -0.4 is 16.0 Å². The van der Waals surface area contributed by atoms with E-state index in [2.05, 4.69) is 20.9 Å². The molecule has 0 atom stereocenters. The van der Waals surface area contributed by atoms with E-state index in [4.69, 9.17) is 4.74 Å². The molecule has 9 heteroatoms. The van der Waals surface area contributed by atoms with Crippen LogP contribution in [0.15, 0.2) is 17.1 Å². The van der Waals surface area contributed by atoms with Crippen LogP contribution in [0.2, 0.25) is 0 Å². The van der Waals surface area contributed by atoms with Crippen LogP contribution in [-0.4, -0.2) is 44.7 Å². The summed E-state index contributed by atoms with van der Waals surface area (Å²) < 4.78 is 44.6. The molecule has 0 heterocycles. The summed E-state index contributed by atoms with van der Waals surface area (Å²) in [7, 11) is 3.09. The summed E-state index contributed by atoms with van der Waals surface area (Å²) >= 11 is 0. The second kappa shape index (κ2) is 8.53. The largest absolute Gasteiger partial charge is 0.377 e. The second-order valence-electron chi connectivity index (χ2n) is 5.51. The summed E-state index contributed by atoms with van der Waals surface area (Å²) in [6, 6.07) is 1.68. The lowest BCUT2D eigenvalue weighted by Gasteiger charge is -2.24. The molecule has 1 aromatic carbocycles. The monoisotopic (exact) mass is 346 g/mol. The van der Waals surface area contributed by atoms with E-state index in [1.165, 1.54) is 7.05 Å². The molecule has 0 aromatic heterocycles. The molecule has 0 aliphatic carbocycles. The number of aliphatic imine (C=N–C) groups is 1. The van der Waals surface area contributed by atoms with Crippen LogP contribution in [0.3, 0.4) is 0 Å². The molecule has 24 heavy (non-hydrogen) atoms. The fraction of sp³-hybridized carbons (Fsp3) is 0.467. The number of nitrogens with one attached hydrogen (secondary N) is 3. The molecule has 0 saturated heterocycles. The van der Waals surface area contributed by atoms with Gasteiger partial charge in [-0.1, -0.05) is 0 Å². The van der Waals surface area contributed by atoms with Gasteiger partial charge in [-0.15, -0.1) is 0 Å². The van der Waals surface area contributed by atoms with E-state index in [-0.39, 0.29) is 6.54 Å². The van der Waals surface area contributed by atoms with Crippen molar-refractivity contribution in [1.29, 1.82) is 0 Å². The minimum atomic E-state index is -1.64. The van der Waals surface area contributed by atoms with Gasteiger partial charge in [-0.2, -0.15) is 0 Å². The third kappa shape index (κ3) is 5.73. The predicted octanol–water partition coefficient (Wildman–Crippen LogP) is 1.63. The van der Waals surface area contributed by atoms with E-state index in [1.54, 1.807) is 7.11 Å². The molecule has 1 aromatic rings. The summed E-state index contributed by atoms with van der Waals surface area (Å²) in [5.74, 6) is -4.73. The van der Waals surface area contributed by atoms with Gasteiger partial charge < -0.3 is 20.7 Å². The summed E-state index contributed by atoms with van der Waals surface area (Å²) in [4.78, 5) is 15.7. The lowest BCUT2D eigenvalue weighted by Crippen LogP contribution is -2.47. The normalized spacial score (nSPS) is 12.0. The van der Waals surface area contributed by atoms with Gasteiger partial charge in [-0.25, -0.2) is 13.2 Å². The van der Waals surface area contributed by atoms with Crippen molar-refractivity contribution in [3.8, 4) is 0 Å². The quantitative estimate of drug-likeness (QED) is 0.416. The number of anilines is 1. The van der Waals surface area contributed by atoms with Crippen LogP contribution in [0.5, 0.6) is 0 Å². The van der Waals surface area contributed by atoms with Gasteiger partial charge in [-0.05, 0) is 26.0 Å². The SMILES string of the molecule is CN=C(NCC(=O)Nc1ccc(F)c(F)c1F)NCC(C)(C)OC. The van der Waals surface area contributed by atoms with Crippen molar-refractivity contribution in [3.05, 3.63) is 29.6 Å². The molecule has 0 radical (unpaired) electrons. The Morgan fingerprint density at radius 3 is 2.46 bits per heavy atom. The van der Waals surface area contributed by atoms with Gasteiger partial charge in [0.1, 0.15) is 0 Å². The molecule has 3 N–H and O–H groups in total. The van der Waals surface area contributed by atoms with Crippen molar-refractivity contribution >= 4 is 17.6 Å². The number of carbonyl (C=O) groups excluding carboxylic acids is 1. The summed E-state index contributed by atoms with van der Waals surface area (Å²) in [5, 5.41) is 7.82. The summed E-state index contributed by atoms with van der Waals surface area (Å²) in [6.45, 7) is 3.92. The molecule has 0 saturated carbocycles. The number of benzene rings is 1. The zero-order valence-electron chi connectivity index (χ0n) is 14.0. The number of hydrogen-bond acceptors (Lipinski definition) is 3. The molecule has 0 unspecified atom stereocenters. The van der Waals surface area contributed by atoms with Crippen LogP contribution in [0.25, 0.3) is 0 Å². The molecule has 1 rings (SSSR count). The van der Waals surface area contributed by atoms with E-state index < -0.39 is 34.6 Å². The first kappa shape index (κ1) is 19.8. The van der Waals surface area contributed by atoms with Gasteiger partial charge in [0.15, 0.2) is 23.4 Å². The van der Waals surface area contributed by atoms with Gasteiger partial charge in [0.05, 0.1) is 17.8 Å². The third-order valence-electron chi connectivity index (χ3n) is 3.18. The molecule has 0 bridgehead atoms. The molecule has 134 valence electrons. The lowest BCUT2D eigenvalue weighted by molar-refractivity contribution is -0.115. The Bertz CT molecular complexity index is 621. The van der Waals surface area contributed by atoms with Crippen molar-refractivity contribution in [2.45, 2.75) is 19.4 Å². The molecular formula is C15H21F3N4O2. The fourth-order valence-electron chi connectivity index (χ4n) is 1.57. The summed E-state index contributed by atoms with van der Waals surface area (Å²) in [6.07, 6.45) is 0. The number of amides is 1. The Labute approximate surface area is 138 Å². The molecule has 0 aliphatic heterocycles. The van der Waals surface area contributed by atoms with E-state index >= 15 is 0 Å². The average Bonchev–Trinajstić information content (AvgIpc) is 2.55. The highest BCUT2D eigenvalue weighted by atomic mass is 19.2. The molecule has 6 nitrogen and oxygen atoms in total. The van der Waals surface area contributed by atoms with Crippen LogP contribution >= 0.6 is 0 Å². The second-order valence-corrected chi connectivity index (χ2v) is 5.51. The number of carbonyl (C=O) groups is 1. The zero-order chi connectivity index (χ0) is 18.3. The zero-order valence-corrected chi connectivity index (χ0v) is 14.0. The minimum Gasteiger partial charge on any atom is -0.377 e. The highest BCUT2D eigenvalue weighted by Crippen LogP contribution is 2.19. The Kier molecular flexibility index (Phi) is 7.02. The van der Waals surface area contributed by atoms with Gasteiger partial charge in [0, 0.05) is 20.7 Å². The van der Waals surface area contributed by atoms with Gasteiger partial charge in [0.2, 0.25) is 5.91 Å². The Morgan fingerprint density at radius 2 is 1.88 bits per heavy atom. The average molecular weight is 346 g/mol. The third-order valence-corrected chi connectivity index (χ3v) is 3.18. The first-order chi connectivity index (χ1) is 11.2. The number of nitrogens with zero attached hydrogens (tertiary/aromatic N) is 1. The highest BCUT2D eigenvalue weighted by molar-refractivity contribution is 5.95. The molecule has 1 amide bonds. The Balaban J connectivity index is 2.55. The highest BCUT2D eigenvalue weighted by Gasteiger charge is 2.17. The van der Waals surface area contributed by atoms with E-state index in [0.717, 1.165) is 12.1 Å². The molecule has 0 aliphatic rings. The van der Waals surface area contributed by atoms with Crippen LogP contribution in [0.4, 0.5) is 18.9 Å². The van der Waals surface area contributed by atoms with Gasteiger partial charge in [-0.3, -0.25) is 9.79 Å². The van der Waals surface area contributed by atoms with Crippen molar-refractivity contribution in [2.75, 3.05) is 32.6 Å². The maximum atomic E-state index is 13.5. The van der Waals surface area contributed by atoms with Gasteiger partial charge in [0.25, 0.3) is 0 Å². The number of halogens is 3. The number of ether oxygens (including phenoxy) is 1. The lowest BCUT2D eigenvalue weighted by atomic mass is 10.1. The first-order valence-electron chi connectivity index (χ1n) is 7.13. The minimum absolute atomic E-state index is 0.245. The molecule has 0 spiro atoms. The van der Waals surface area contributed by atoms with E-state index in [9.17, 15) is 18.0 Å². The van der Waals surface area contributed by atoms with Crippen LogP contribution in [-0.2, 0) is 9.53 Å². The Morgan fingerprint density at radius 1 is 1.21 bits per heavy atom. The van der Waals surface area contributed by atoms with E-state index in [0.29, 0.717) is 12.5 Å². The number of rotatable bonds is 6. The van der Waals surface area contributed by atoms with Gasteiger partial charge >= 0.3 is 0 Å². The number of methoxy groups -OCH3 is 1. The fourth-order valence-corrected chi connectivity index (χ4v) is 1.57. The van der Waals surface area contributed by atoms with E-state index in [1.807, 2.05) is 13.8 Å². The number of hydrogen-bond donors (Lipinski definition) is 3. The standard InChI is InChI=1S/C15H21F3N4O2/c1-15(2,24-4)8-21-14(19-3)20-7-11(23)22-10-6-5-9(16)12(17)13(10)18/h5-6H,7-8H2,1-4H3,(H,22,23)(H2,19,20,21). The Hall–Kier alpha value is -2.29. The van der Waals surface area contributed by atoms with Crippen molar-refractivity contribution < 1.29 is 22.7 Å². The van der Waals surface area contributed by atoms with Crippen molar-refractivity contribution in [3.63, 3.8) is 0 Å². The number of guanidine groups is 1. The van der Waals surface area contributed by atoms with Crippen molar-refractivity contribution in [1.82, 2.24) is 10.6 Å². The smallest absolute Gasteiger partial charge is 0.243 e.